The zero-order chi connectivity index (χ0) is 19.0. The molecule has 1 saturated heterocycles. The second-order valence-electron chi connectivity index (χ2n) is 6.92. The van der Waals surface area contributed by atoms with Crippen LogP contribution in [-0.4, -0.2) is 35.4 Å². The van der Waals surface area contributed by atoms with Gasteiger partial charge in [0.05, 0.1) is 22.1 Å². The van der Waals surface area contributed by atoms with Crippen molar-refractivity contribution in [2.75, 3.05) is 13.1 Å². The van der Waals surface area contributed by atoms with Gasteiger partial charge in [-0.25, -0.2) is 13.4 Å². The molecule has 1 aliphatic heterocycles. The van der Waals surface area contributed by atoms with Gasteiger partial charge >= 0.3 is 0 Å². The molecule has 1 aliphatic rings. The Balaban J connectivity index is 1.55. The van der Waals surface area contributed by atoms with Gasteiger partial charge in [0.2, 0.25) is 10.0 Å². The Morgan fingerprint density at radius 1 is 1.00 bits per heavy atom. The molecule has 2 heterocycles. The van der Waals surface area contributed by atoms with Crippen molar-refractivity contribution < 1.29 is 8.42 Å². The summed E-state index contributed by atoms with van der Waals surface area (Å²) >= 11 is 0. The number of hydrogen-bond acceptors (Lipinski definition) is 4. The lowest BCUT2D eigenvalue weighted by molar-refractivity contribution is 0.269. The molecule has 1 fully saturated rings. The van der Waals surface area contributed by atoms with Crippen LogP contribution in [0, 0.1) is 6.92 Å². The maximum Gasteiger partial charge on any atom is 0.261 e. The summed E-state index contributed by atoms with van der Waals surface area (Å²) in [4.78, 5) is 17.4. The maximum absolute atomic E-state index is 12.8. The predicted molar refractivity (Wildman–Crippen MR) is 104 cm³/mol. The summed E-state index contributed by atoms with van der Waals surface area (Å²) in [5.41, 5.74) is 1.63. The number of para-hydroxylation sites is 1. The van der Waals surface area contributed by atoms with Gasteiger partial charge < -0.3 is 0 Å². The molecule has 0 N–H and O–H groups in total. The fourth-order valence-electron chi connectivity index (χ4n) is 3.56. The van der Waals surface area contributed by atoms with Crippen LogP contribution in [0.3, 0.4) is 0 Å². The third-order valence-corrected chi connectivity index (χ3v) is 7.08. The molecule has 1 aromatic heterocycles. The lowest BCUT2D eigenvalue weighted by Crippen LogP contribution is -2.40. The molecular formula is C20H21N3O3S. The van der Waals surface area contributed by atoms with Gasteiger partial charge in [-0.15, -0.1) is 0 Å². The highest BCUT2D eigenvalue weighted by Crippen LogP contribution is 2.26. The van der Waals surface area contributed by atoms with Crippen LogP contribution in [0.1, 0.15) is 24.4 Å². The minimum absolute atomic E-state index is 0.0425. The number of piperidine rings is 1. The number of aromatic nitrogens is 2. The molecule has 2 aromatic carbocycles. The zero-order valence-corrected chi connectivity index (χ0v) is 15.9. The Hall–Kier alpha value is -2.51. The zero-order valence-electron chi connectivity index (χ0n) is 15.1. The van der Waals surface area contributed by atoms with Crippen molar-refractivity contribution in [2.45, 2.75) is 30.7 Å². The molecule has 0 spiro atoms. The summed E-state index contributed by atoms with van der Waals surface area (Å²) in [6.45, 7) is 2.71. The molecule has 0 amide bonds. The van der Waals surface area contributed by atoms with E-state index in [-0.39, 0.29) is 11.6 Å². The van der Waals surface area contributed by atoms with Gasteiger partial charge in [0.25, 0.3) is 5.56 Å². The van der Waals surface area contributed by atoms with E-state index < -0.39 is 10.0 Å². The first-order chi connectivity index (χ1) is 13.0. The average molecular weight is 383 g/mol. The third-order valence-electron chi connectivity index (χ3n) is 5.17. The Bertz CT molecular complexity index is 1130. The van der Waals surface area contributed by atoms with Crippen LogP contribution in [0.15, 0.2) is 64.5 Å². The maximum atomic E-state index is 12.8. The first-order valence-corrected chi connectivity index (χ1v) is 10.4. The molecule has 0 radical (unpaired) electrons. The van der Waals surface area contributed by atoms with Gasteiger partial charge in [-0.05, 0) is 44.0 Å². The summed E-state index contributed by atoms with van der Waals surface area (Å²) in [5, 5.41) is 0.592. The van der Waals surface area contributed by atoms with E-state index in [0.29, 0.717) is 41.7 Å². The van der Waals surface area contributed by atoms with Gasteiger partial charge in [-0.2, -0.15) is 4.31 Å². The van der Waals surface area contributed by atoms with Crippen LogP contribution in [0.5, 0.6) is 0 Å². The second kappa shape index (κ2) is 6.90. The normalized spacial score (nSPS) is 16.6. The SMILES string of the molecule is Cc1ccc(S(=O)(=O)N2CCC(n3cnc4ccccc4c3=O)CC2)cc1. The molecule has 0 unspecified atom stereocenters. The molecule has 0 aliphatic carbocycles. The van der Waals surface area contributed by atoms with E-state index >= 15 is 0 Å². The summed E-state index contributed by atoms with van der Waals surface area (Å²) < 4.78 is 28.8. The van der Waals surface area contributed by atoms with Crippen LogP contribution in [0.4, 0.5) is 0 Å². The molecular weight excluding hydrogens is 362 g/mol. The minimum Gasteiger partial charge on any atom is -0.296 e. The Labute approximate surface area is 158 Å². The van der Waals surface area contributed by atoms with Crippen LogP contribution in [0.2, 0.25) is 0 Å². The fraction of sp³-hybridized carbons (Fsp3) is 0.300. The summed E-state index contributed by atoms with van der Waals surface area (Å²) in [6, 6.07) is 14.1. The fourth-order valence-corrected chi connectivity index (χ4v) is 5.03. The molecule has 0 saturated carbocycles. The first kappa shape index (κ1) is 17.9. The molecule has 140 valence electrons. The van der Waals surface area contributed by atoms with E-state index in [0.717, 1.165) is 5.56 Å². The summed E-state index contributed by atoms with van der Waals surface area (Å²) in [7, 11) is -3.50. The highest BCUT2D eigenvalue weighted by molar-refractivity contribution is 7.89. The van der Waals surface area contributed by atoms with Gasteiger partial charge in [0, 0.05) is 19.1 Å². The lowest BCUT2D eigenvalue weighted by atomic mass is 10.1. The summed E-state index contributed by atoms with van der Waals surface area (Å²) in [5.74, 6) is 0. The number of fused-ring (bicyclic) bond motifs is 1. The minimum atomic E-state index is -3.50. The van der Waals surface area contributed by atoms with Crippen molar-refractivity contribution in [2.24, 2.45) is 0 Å². The highest BCUT2D eigenvalue weighted by atomic mass is 32.2. The van der Waals surface area contributed by atoms with Crippen LogP contribution >= 0.6 is 0 Å². The molecule has 6 nitrogen and oxygen atoms in total. The van der Waals surface area contributed by atoms with Crippen molar-refractivity contribution in [3.63, 3.8) is 0 Å². The van der Waals surface area contributed by atoms with Gasteiger partial charge in [-0.3, -0.25) is 9.36 Å². The van der Waals surface area contributed by atoms with E-state index in [1.54, 1.807) is 41.2 Å². The van der Waals surface area contributed by atoms with E-state index in [1.165, 1.54) is 4.31 Å². The topological polar surface area (TPSA) is 72.3 Å². The van der Waals surface area contributed by atoms with Crippen LogP contribution < -0.4 is 5.56 Å². The van der Waals surface area contributed by atoms with E-state index in [2.05, 4.69) is 4.98 Å². The molecule has 4 rings (SSSR count). The van der Waals surface area contributed by atoms with Crippen molar-refractivity contribution in [3.05, 3.63) is 70.8 Å². The standard InChI is InChI=1S/C20H21N3O3S/c1-15-6-8-17(9-7-15)27(25,26)22-12-10-16(11-13-22)23-14-21-19-5-3-2-4-18(19)20(23)24/h2-9,14,16H,10-13H2,1H3. The van der Waals surface area contributed by atoms with Gasteiger partial charge in [-0.1, -0.05) is 29.8 Å². The van der Waals surface area contributed by atoms with Crippen molar-refractivity contribution in [3.8, 4) is 0 Å². The molecule has 27 heavy (non-hydrogen) atoms. The second-order valence-corrected chi connectivity index (χ2v) is 8.86. The van der Waals surface area contributed by atoms with Crippen LogP contribution in [0.25, 0.3) is 10.9 Å². The average Bonchev–Trinajstić information content (AvgIpc) is 2.69. The largest absolute Gasteiger partial charge is 0.296 e. The Morgan fingerprint density at radius 3 is 2.37 bits per heavy atom. The molecule has 3 aromatic rings. The summed E-state index contributed by atoms with van der Waals surface area (Å²) in [6.07, 6.45) is 2.76. The number of nitrogens with zero attached hydrogens (tertiary/aromatic N) is 3. The van der Waals surface area contributed by atoms with Crippen molar-refractivity contribution >= 4 is 20.9 Å². The number of rotatable bonds is 3. The van der Waals surface area contributed by atoms with E-state index in [9.17, 15) is 13.2 Å². The monoisotopic (exact) mass is 383 g/mol. The van der Waals surface area contributed by atoms with Crippen LogP contribution in [-0.2, 0) is 10.0 Å². The number of hydrogen-bond donors (Lipinski definition) is 0. The quantitative estimate of drug-likeness (QED) is 0.697. The Morgan fingerprint density at radius 2 is 1.67 bits per heavy atom. The van der Waals surface area contributed by atoms with E-state index in [1.807, 2.05) is 25.1 Å². The van der Waals surface area contributed by atoms with Crippen molar-refractivity contribution in [1.82, 2.24) is 13.9 Å². The third kappa shape index (κ3) is 3.28. The number of aryl methyl sites for hydroxylation is 1. The van der Waals surface area contributed by atoms with Gasteiger partial charge in [0.1, 0.15) is 0 Å². The highest BCUT2D eigenvalue weighted by Gasteiger charge is 2.30. The lowest BCUT2D eigenvalue weighted by Gasteiger charge is -2.32. The number of benzene rings is 2. The Kier molecular flexibility index (Phi) is 4.57. The van der Waals surface area contributed by atoms with Crippen molar-refractivity contribution in [1.29, 1.82) is 0 Å². The first-order valence-electron chi connectivity index (χ1n) is 8.99. The smallest absolute Gasteiger partial charge is 0.261 e. The van der Waals surface area contributed by atoms with E-state index in [4.69, 9.17) is 0 Å². The molecule has 0 bridgehead atoms. The number of sulfonamides is 1. The molecule has 0 atom stereocenters. The van der Waals surface area contributed by atoms with Gasteiger partial charge in [0.15, 0.2) is 0 Å². The molecule has 7 heteroatoms. The predicted octanol–water partition coefficient (Wildman–Crippen LogP) is 2.73.